The van der Waals surface area contributed by atoms with Crippen LogP contribution in [-0.2, 0) is 21.3 Å². The molecule has 100 valence electrons. The highest BCUT2D eigenvalue weighted by molar-refractivity contribution is 7.89. The third-order valence-corrected chi connectivity index (χ3v) is 4.48. The van der Waals surface area contributed by atoms with Crippen molar-refractivity contribution in [2.45, 2.75) is 25.4 Å². The van der Waals surface area contributed by atoms with Crippen molar-refractivity contribution in [1.82, 2.24) is 0 Å². The molecule has 3 heteroatoms. The zero-order valence-corrected chi connectivity index (χ0v) is 12.1. The molecule has 0 saturated carbocycles. The van der Waals surface area contributed by atoms with Crippen LogP contribution in [0.2, 0.25) is 0 Å². The van der Waals surface area contributed by atoms with Crippen LogP contribution in [0, 0.1) is 13.8 Å². The van der Waals surface area contributed by atoms with Crippen LogP contribution in [-0.4, -0.2) is 8.42 Å². The van der Waals surface area contributed by atoms with E-state index in [1.54, 1.807) is 0 Å². The van der Waals surface area contributed by atoms with Gasteiger partial charge in [-0.2, -0.15) is 0 Å². The highest BCUT2D eigenvalue weighted by atomic mass is 32.2. The normalized spacial score (nSPS) is 11.5. The Hall–Kier alpha value is -1.61. The van der Waals surface area contributed by atoms with Crippen molar-refractivity contribution in [2.24, 2.45) is 0 Å². The average molecular weight is 274 g/mol. The zero-order valence-electron chi connectivity index (χ0n) is 11.3. The molecule has 0 heterocycles. The number of hydrogen-bond acceptors (Lipinski definition) is 2. The molecule has 2 nitrogen and oxygen atoms in total. The maximum Gasteiger partial charge on any atom is 0.158 e. The van der Waals surface area contributed by atoms with Gasteiger partial charge < -0.3 is 0 Å². The van der Waals surface area contributed by atoms with E-state index in [2.05, 4.69) is 0 Å². The SMILES string of the molecule is Cc1cccc(CS(=O)(=O)Cc2cccc(C)c2)c1. The van der Waals surface area contributed by atoms with Crippen LogP contribution in [0.3, 0.4) is 0 Å². The lowest BCUT2D eigenvalue weighted by Gasteiger charge is -2.06. The van der Waals surface area contributed by atoms with Gasteiger partial charge in [0.2, 0.25) is 0 Å². The Labute approximate surface area is 115 Å². The molecule has 0 atom stereocenters. The van der Waals surface area contributed by atoms with Crippen molar-refractivity contribution in [3.8, 4) is 0 Å². The minimum Gasteiger partial charge on any atom is -0.228 e. The molecular formula is C16H18O2S. The second kappa shape index (κ2) is 5.57. The summed E-state index contributed by atoms with van der Waals surface area (Å²) in [6.45, 7) is 3.94. The van der Waals surface area contributed by atoms with Gasteiger partial charge in [0.25, 0.3) is 0 Å². The molecule has 0 amide bonds. The molecule has 2 aromatic carbocycles. The van der Waals surface area contributed by atoms with Gasteiger partial charge >= 0.3 is 0 Å². The minimum absolute atomic E-state index is 0.0998. The van der Waals surface area contributed by atoms with Gasteiger partial charge in [0, 0.05) is 0 Å². The van der Waals surface area contributed by atoms with Crippen molar-refractivity contribution in [3.63, 3.8) is 0 Å². The Kier molecular flexibility index (Phi) is 4.05. The van der Waals surface area contributed by atoms with Gasteiger partial charge in [-0.3, -0.25) is 0 Å². The summed E-state index contributed by atoms with van der Waals surface area (Å²) < 4.78 is 24.4. The molecule has 0 aliphatic carbocycles. The quantitative estimate of drug-likeness (QED) is 0.856. The molecule has 2 rings (SSSR count). The fourth-order valence-electron chi connectivity index (χ4n) is 2.16. The molecule has 0 fully saturated rings. The summed E-state index contributed by atoms with van der Waals surface area (Å²) in [4.78, 5) is 0. The number of benzene rings is 2. The molecule has 0 aliphatic rings. The summed E-state index contributed by atoms with van der Waals surface area (Å²) in [7, 11) is -3.12. The summed E-state index contributed by atoms with van der Waals surface area (Å²) in [6, 6.07) is 15.3. The maximum atomic E-state index is 12.2. The number of sulfone groups is 1. The van der Waals surface area contributed by atoms with Gasteiger partial charge in [0.1, 0.15) is 0 Å². The van der Waals surface area contributed by atoms with Crippen molar-refractivity contribution in [2.75, 3.05) is 0 Å². The summed E-state index contributed by atoms with van der Waals surface area (Å²) in [5.41, 5.74) is 3.88. The van der Waals surface area contributed by atoms with Crippen LogP contribution in [0.5, 0.6) is 0 Å². The van der Waals surface area contributed by atoms with Crippen LogP contribution in [0.15, 0.2) is 48.5 Å². The zero-order chi connectivity index (χ0) is 13.9. The Morgan fingerprint density at radius 2 is 1.21 bits per heavy atom. The topological polar surface area (TPSA) is 34.1 Å². The predicted octanol–water partition coefficient (Wildman–Crippen LogP) is 3.42. The van der Waals surface area contributed by atoms with Gasteiger partial charge in [-0.1, -0.05) is 59.7 Å². The number of hydrogen-bond donors (Lipinski definition) is 0. The van der Waals surface area contributed by atoms with E-state index in [0.29, 0.717) is 0 Å². The fraction of sp³-hybridized carbons (Fsp3) is 0.250. The van der Waals surface area contributed by atoms with Crippen molar-refractivity contribution >= 4 is 9.84 Å². The third-order valence-electron chi connectivity index (χ3n) is 2.94. The lowest BCUT2D eigenvalue weighted by molar-refractivity contribution is 0.594. The molecule has 0 unspecified atom stereocenters. The average Bonchev–Trinajstić information content (AvgIpc) is 2.27. The van der Waals surface area contributed by atoms with Crippen LogP contribution in [0.25, 0.3) is 0 Å². The van der Waals surface area contributed by atoms with Gasteiger partial charge in [-0.25, -0.2) is 8.42 Å². The van der Waals surface area contributed by atoms with Gasteiger partial charge in [-0.05, 0) is 25.0 Å². The van der Waals surface area contributed by atoms with E-state index < -0.39 is 9.84 Å². The van der Waals surface area contributed by atoms with Gasteiger partial charge in [0.15, 0.2) is 9.84 Å². The Morgan fingerprint density at radius 3 is 1.58 bits per heavy atom. The first-order valence-electron chi connectivity index (χ1n) is 6.26. The van der Waals surface area contributed by atoms with E-state index in [9.17, 15) is 8.42 Å². The van der Waals surface area contributed by atoms with E-state index in [0.717, 1.165) is 22.3 Å². The first-order valence-corrected chi connectivity index (χ1v) is 8.08. The van der Waals surface area contributed by atoms with Crippen LogP contribution < -0.4 is 0 Å². The van der Waals surface area contributed by atoms with Crippen LogP contribution in [0.1, 0.15) is 22.3 Å². The number of aryl methyl sites for hydroxylation is 2. The molecule has 19 heavy (non-hydrogen) atoms. The van der Waals surface area contributed by atoms with E-state index in [-0.39, 0.29) is 11.5 Å². The van der Waals surface area contributed by atoms with Crippen molar-refractivity contribution in [3.05, 3.63) is 70.8 Å². The molecule has 0 aromatic heterocycles. The van der Waals surface area contributed by atoms with E-state index >= 15 is 0 Å². The van der Waals surface area contributed by atoms with Crippen LogP contribution in [0.4, 0.5) is 0 Å². The second-order valence-electron chi connectivity index (χ2n) is 5.01. The molecule has 0 N–H and O–H groups in total. The van der Waals surface area contributed by atoms with Gasteiger partial charge in [0.05, 0.1) is 11.5 Å². The molecular weight excluding hydrogens is 256 g/mol. The Bertz CT molecular complexity index is 619. The third kappa shape index (κ3) is 4.21. The predicted molar refractivity (Wildman–Crippen MR) is 78.7 cm³/mol. The molecule has 2 aromatic rings. The van der Waals surface area contributed by atoms with E-state index in [1.807, 2.05) is 62.4 Å². The summed E-state index contributed by atoms with van der Waals surface area (Å²) in [5, 5.41) is 0. The van der Waals surface area contributed by atoms with E-state index in [1.165, 1.54) is 0 Å². The van der Waals surface area contributed by atoms with Crippen molar-refractivity contribution in [1.29, 1.82) is 0 Å². The summed E-state index contributed by atoms with van der Waals surface area (Å²) in [5.74, 6) is 0.200. The first kappa shape index (κ1) is 13.8. The fourth-order valence-corrected chi connectivity index (χ4v) is 3.64. The molecule has 0 spiro atoms. The van der Waals surface area contributed by atoms with Gasteiger partial charge in [-0.15, -0.1) is 0 Å². The summed E-state index contributed by atoms with van der Waals surface area (Å²) in [6.07, 6.45) is 0. The number of rotatable bonds is 4. The largest absolute Gasteiger partial charge is 0.228 e. The monoisotopic (exact) mass is 274 g/mol. The van der Waals surface area contributed by atoms with E-state index in [4.69, 9.17) is 0 Å². The Morgan fingerprint density at radius 1 is 0.789 bits per heavy atom. The van der Waals surface area contributed by atoms with Crippen molar-refractivity contribution < 1.29 is 8.42 Å². The molecule has 0 bridgehead atoms. The highest BCUT2D eigenvalue weighted by Gasteiger charge is 2.13. The first-order chi connectivity index (χ1) is 8.94. The Balaban J connectivity index is 2.15. The molecule has 0 radical (unpaired) electrons. The molecule has 0 saturated heterocycles. The minimum atomic E-state index is -3.12. The highest BCUT2D eigenvalue weighted by Crippen LogP contribution is 2.14. The van der Waals surface area contributed by atoms with Crippen LogP contribution >= 0.6 is 0 Å². The lowest BCUT2D eigenvalue weighted by Crippen LogP contribution is -2.07. The smallest absolute Gasteiger partial charge is 0.158 e. The maximum absolute atomic E-state index is 12.2. The molecule has 0 aliphatic heterocycles. The lowest BCUT2D eigenvalue weighted by atomic mass is 10.2. The standard InChI is InChI=1S/C16H18O2S/c1-13-5-3-7-15(9-13)11-19(17,18)12-16-8-4-6-14(2)10-16/h3-10H,11-12H2,1-2H3. The summed E-state index contributed by atoms with van der Waals surface area (Å²) >= 11 is 0. The second-order valence-corrected chi connectivity index (χ2v) is 7.07.